The van der Waals surface area contributed by atoms with E-state index in [0.29, 0.717) is 26.4 Å². The van der Waals surface area contributed by atoms with Crippen LogP contribution in [0, 0.1) is 0 Å². The summed E-state index contributed by atoms with van der Waals surface area (Å²) < 4.78 is 16.2. The van der Waals surface area contributed by atoms with E-state index in [1.807, 2.05) is 17.0 Å². The molecule has 2 amide bonds. The summed E-state index contributed by atoms with van der Waals surface area (Å²) in [4.78, 5) is 14.8. The van der Waals surface area contributed by atoms with Gasteiger partial charge < -0.3 is 24.4 Å². The Labute approximate surface area is 149 Å². The molecule has 6 heteroatoms. The average molecular weight is 348 g/mol. The number of rotatable bonds is 4. The third kappa shape index (κ3) is 4.86. The van der Waals surface area contributed by atoms with E-state index in [1.165, 1.54) is 0 Å². The minimum absolute atomic E-state index is 0.0168. The normalized spacial score (nSPS) is 24.4. The summed E-state index contributed by atoms with van der Waals surface area (Å²) in [7, 11) is 1.66. The molecular weight excluding hydrogens is 320 g/mol. The molecule has 1 aromatic rings. The van der Waals surface area contributed by atoms with Crippen molar-refractivity contribution in [2.45, 2.75) is 37.8 Å². The number of hydrogen-bond donors (Lipinski definition) is 1. The van der Waals surface area contributed by atoms with Gasteiger partial charge >= 0.3 is 6.03 Å². The largest absolute Gasteiger partial charge is 0.497 e. The summed E-state index contributed by atoms with van der Waals surface area (Å²) in [6.45, 7) is 3.05. The molecule has 0 spiro atoms. The van der Waals surface area contributed by atoms with Crippen LogP contribution in [-0.4, -0.2) is 57.1 Å². The number of nitrogens with one attached hydrogen (secondary N) is 1. The first-order valence-electron chi connectivity index (χ1n) is 9.15. The van der Waals surface area contributed by atoms with Crippen molar-refractivity contribution in [3.05, 3.63) is 29.8 Å². The molecule has 1 aromatic carbocycles. The maximum absolute atomic E-state index is 12.8. The van der Waals surface area contributed by atoms with Crippen molar-refractivity contribution < 1.29 is 19.0 Å². The highest BCUT2D eigenvalue weighted by Gasteiger charge is 2.27. The lowest BCUT2D eigenvalue weighted by Crippen LogP contribution is -2.46. The van der Waals surface area contributed by atoms with E-state index in [4.69, 9.17) is 14.2 Å². The Hall–Kier alpha value is -1.79. The maximum Gasteiger partial charge on any atom is 0.318 e. The Morgan fingerprint density at radius 2 is 2.08 bits per heavy atom. The molecule has 0 aliphatic carbocycles. The fraction of sp³-hybridized carbons (Fsp3) is 0.632. The molecule has 2 aliphatic rings. The quantitative estimate of drug-likeness (QED) is 0.909. The highest BCUT2D eigenvalue weighted by Crippen LogP contribution is 2.31. The fourth-order valence-corrected chi connectivity index (χ4v) is 3.48. The van der Waals surface area contributed by atoms with E-state index < -0.39 is 0 Å². The molecule has 25 heavy (non-hydrogen) atoms. The molecule has 1 N–H and O–H groups in total. The summed E-state index contributed by atoms with van der Waals surface area (Å²) in [5.41, 5.74) is 1.16. The van der Waals surface area contributed by atoms with Gasteiger partial charge in [-0.3, -0.25) is 0 Å². The van der Waals surface area contributed by atoms with E-state index >= 15 is 0 Å². The smallest absolute Gasteiger partial charge is 0.318 e. The predicted molar refractivity (Wildman–Crippen MR) is 94.9 cm³/mol. The molecular formula is C19H28N2O4. The van der Waals surface area contributed by atoms with Crippen molar-refractivity contribution in [3.8, 4) is 5.75 Å². The minimum atomic E-state index is -0.0517. The lowest BCUT2D eigenvalue weighted by molar-refractivity contribution is -0.0856. The second-order valence-electron chi connectivity index (χ2n) is 6.59. The van der Waals surface area contributed by atoms with Crippen molar-refractivity contribution in [1.29, 1.82) is 0 Å². The van der Waals surface area contributed by atoms with Crippen LogP contribution in [0.3, 0.4) is 0 Å². The van der Waals surface area contributed by atoms with Gasteiger partial charge in [0.25, 0.3) is 0 Å². The molecule has 0 bridgehead atoms. The van der Waals surface area contributed by atoms with Crippen molar-refractivity contribution in [3.63, 3.8) is 0 Å². The number of nitrogens with zero attached hydrogens (tertiary/aromatic N) is 1. The van der Waals surface area contributed by atoms with Crippen LogP contribution in [0.1, 0.15) is 37.3 Å². The number of methoxy groups -OCH3 is 1. The van der Waals surface area contributed by atoms with E-state index in [2.05, 4.69) is 17.4 Å². The molecule has 6 nitrogen and oxygen atoms in total. The summed E-state index contributed by atoms with van der Waals surface area (Å²) in [5.74, 6) is 0.836. The number of urea groups is 1. The molecule has 0 radical (unpaired) electrons. The molecule has 0 aromatic heterocycles. The Balaban J connectivity index is 1.65. The number of amides is 2. The molecule has 0 unspecified atom stereocenters. The molecule has 138 valence electrons. The topological polar surface area (TPSA) is 60.0 Å². The number of hydrogen-bond acceptors (Lipinski definition) is 4. The van der Waals surface area contributed by atoms with Crippen molar-refractivity contribution >= 4 is 6.03 Å². The molecule has 2 saturated heterocycles. The Morgan fingerprint density at radius 1 is 1.24 bits per heavy atom. The van der Waals surface area contributed by atoms with Crippen LogP contribution in [0.15, 0.2) is 24.3 Å². The second-order valence-corrected chi connectivity index (χ2v) is 6.59. The standard InChI is InChI=1S/C19H28N2O4/c1-23-16-8-6-15(7-9-16)18-5-3-2-4-10-21(18)19(22)20-13-17-14-24-11-12-25-17/h6-9,17-18H,2-5,10-14H2,1H3,(H,20,22)/t17-,18-/m1/s1. The van der Waals surface area contributed by atoms with Gasteiger partial charge in [-0.1, -0.05) is 25.0 Å². The lowest BCUT2D eigenvalue weighted by atomic mass is 10.0. The van der Waals surface area contributed by atoms with E-state index in [9.17, 15) is 4.79 Å². The van der Waals surface area contributed by atoms with Crippen LogP contribution < -0.4 is 10.1 Å². The maximum atomic E-state index is 12.8. The third-order valence-electron chi connectivity index (χ3n) is 4.88. The first-order valence-corrected chi connectivity index (χ1v) is 9.15. The Morgan fingerprint density at radius 3 is 2.80 bits per heavy atom. The first kappa shape index (κ1) is 18.0. The second kappa shape index (κ2) is 9.06. The summed E-state index contributed by atoms with van der Waals surface area (Å²) in [6.07, 6.45) is 4.28. The van der Waals surface area contributed by atoms with Crippen molar-refractivity contribution in [1.82, 2.24) is 10.2 Å². The van der Waals surface area contributed by atoms with Gasteiger partial charge in [0.1, 0.15) is 5.75 Å². The van der Waals surface area contributed by atoms with Crippen LogP contribution >= 0.6 is 0 Å². The van der Waals surface area contributed by atoms with Crippen molar-refractivity contribution in [2.75, 3.05) is 40.0 Å². The van der Waals surface area contributed by atoms with E-state index in [1.54, 1.807) is 7.11 Å². The summed E-state index contributed by atoms with van der Waals surface area (Å²) >= 11 is 0. The molecule has 3 rings (SSSR count). The van der Waals surface area contributed by atoms with Crippen LogP contribution in [0.2, 0.25) is 0 Å². The molecule has 2 fully saturated rings. The Kier molecular flexibility index (Phi) is 6.53. The van der Waals surface area contributed by atoms with E-state index in [0.717, 1.165) is 43.5 Å². The lowest BCUT2D eigenvalue weighted by Gasteiger charge is -2.31. The van der Waals surface area contributed by atoms with Gasteiger partial charge in [0.05, 0.1) is 39.1 Å². The van der Waals surface area contributed by atoms with Gasteiger partial charge in [-0.2, -0.15) is 0 Å². The molecule has 2 aliphatic heterocycles. The number of carbonyl (C=O) groups excluding carboxylic acids is 1. The Bertz CT molecular complexity index is 543. The molecule has 2 heterocycles. The monoisotopic (exact) mass is 348 g/mol. The number of benzene rings is 1. The zero-order chi connectivity index (χ0) is 17.5. The summed E-state index contributed by atoms with van der Waals surface area (Å²) in [6, 6.07) is 8.14. The number of carbonyl (C=O) groups is 1. The highest BCUT2D eigenvalue weighted by atomic mass is 16.6. The third-order valence-corrected chi connectivity index (χ3v) is 4.88. The van der Waals surface area contributed by atoms with Gasteiger partial charge in [0.15, 0.2) is 0 Å². The average Bonchev–Trinajstić information content (AvgIpc) is 2.93. The van der Waals surface area contributed by atoms with Crippen LogP contribution in [0.5, 0.6) is 5.75 Å². The van der Waals surface area contributed by atoms with Crippen LogP contribution in [-0.2, 0) is 9.47 Å². The molecule has 2 atom stereocenters. The van der Waals surface area contributed by atoms with Gasteiger partial charge in [-0.25, -0.2) is 4.79 Å². The van der Waals surface area contributed by atoms with Crippen LogP contribution in [0.25, 0.3) is 0 Å². The fourth-order valence-electron chi connectivity index (χ4n) is 3.48. The zero-order valence-corrected chi connectivity index (χ0v) is 14.9. The SMILES string of the molecule is COc1ccc([C@H]2CCCCCN2C(=O)NC[C@@H]2COCCO2)cc1. The van der Waals surface area contributed by atoms with Gasteiger partial charge in [0.2, 0.25) is 0 Å². The van der Waals surface area contributed by atoms with Gasteiger partial charge in [-0.05, 0) is 30.5 Å². The first-order chi connectivity index (χ1) is 12.3. The number of likely N-dealkylation sites (tertiary alicyclic amines) is 1. The molecule has 0 saturated carbocycles. The van der Waals surface area contributed by atoms with Gasteiger partial charge in [-0.15, -0.1) is 0 Å². The van der Waals surface area contributed by atoms with Crippen molar-refractivity contribution in [2.24, 2.45) is 0 Å². The predicted octanol–water partition coefficient (Wildman–Crippen LogP) is 2.74. The van der Waals surface area contributed by atoms with E-state index in [-0.39, 0.29) is 18.2 Å². The number of ether oxygens (including phenoxy) is 3. The zero-order valence-electron chi connectivity index (χ0n) is 14.9. The summed E-state index contributed by atoms with van der Waals surface area (Å²) in [5, 5.41) is 3.03. The van der Waals surface area contributed by atoms with Crippen LogP contribution in [0.4, 0.5) is 4.79 Å². The minimum Gasteiger partial charge on any atom is -0.497 e. The highest BCUT2D eigenvalue weighted by molar-refractivity contribution is 5.74. The van der Waals surface area contributed by atoms with Gasteiger partial charge in [0, 0.05) is 13.1 Å².